The van der Waals surface area contributed by atoms with Gasteiger partial charge >= 0.3 is 6.18 Å². The van der Waals surface area contributed by atoms with Crippen molar-refractivity contribution in [2.75, 3.05) is 13.6 Å². The molecule has 1 aromatic heterocycles. The molecule has 0 aliphatic carbocycles. The molecule has 6 heteroatoms. The first-order chi connectivity index (χ1) is 10.0. The first-order valence-corrected chi connectivity index (χ1v) is 6.73. The molecular weight excluding hydrogens is 281 g/mol. The van der Waals surface area contributed by atoms with Crippen molar-refractivity contribution in [3.8, 4) is 0 Å². The van der Waals surface area contributed by atoms with Gasteiger partial charge in [0.25, 0.3) is 0 Å². The number of halogens is 3. The zero-order valence-electron chi connectivity index (χ0n) is 11.7. The predicted molar refractivity (Wildman–Crippen MR) is 73.0 cm³/mol. The second kappa shape index (κ2) is 6.76. The maximum atomic E-state index is 12.9. The molecule has 0 atom stereocenters. The van der Waals surface area contributed by atoms with Crippen molar-refractivity contribution in [3.63, 3.8) is 0 Å². The van der Waals surface area contributed by atoms with Gasteiger partial charge in [-0.2, -0.15) is 13.2 Å². The maximum absolute atomic E-state index is 12.9. The Morgan fingerprint density at radius 3 is 2.71 bits per heavy atom. The molecule has 114 valence electrons. The Morgan fingerprint density at radius 1 is 1.24 bits per heavy atom. The molecule has 0 spiro atoms. The minimum Gasteiger partial charge on any atom is -0.448 e. The summed E-state index contributed by atoms with van der Waals surface area (Å²) < 4.78 is 44.0. The molecular formula is C15H17F3N2O. The number of nitrogens with one attached hydrogen (secondary N) is 1. The quantitative estimate of drug-likeness (QED) is 0.830. The number of aromatic nitrogens is 1. The highest BCUT2D eigenvalue weighted by Gasteiger charge is 2.33. The molecule has 0 bridgehead atoms. The standard InChI is InChI=1S/C15H17F3N2O/c1-19-8-4-6-12-10-21-14(20-12)9-11-5-2-3-7-13(11)15(16,17)18/h2-3,5,7,10,19H,4,6,8-9H2,1H3. The molecule has 2 rings (SSSR count). The Morgan fingerprint density at radius 2 is 2.00 bits per heavy atom. The lowest BCUT2D eigenvalue weighted by Gasteiger charge is -2.11. The van der Waals surface area contributed by atoms with Crippen LogP contribution in [0.25, 0.3) is 0 Å². The SMILES string of the molecule is CNCCCc1coc(Cc2ccccc2C(F)(F)F)n1. The van der Waals surface area contributed by atoms with E-state index < -0.39 is 11.7 Å². The van der Waals surface area contributed by atoms with E-state index in [1.165, 1.54) is 18.4 Å². The third-order valence-corrected chi connectivity index (χ3v) is 3.12. The summed E-state index contributed by atoms with van der Waals surface area (Å²) in [4.78, 5) is 4.24. The predicted octanol–water partition coefficient (Wildman–Crippen LogP) is 3.44. The van der Waals surface area contributed by atoms with Crippen LogP contribution in [0.4, 0.5) is 13.2 Å². The van der Waals surface area contributed by atoms with Gasteiger partial charge in [0.15, 0.2) is 5.89 Å². The van der Waals surface area contributed by atoms with Crippen LogP contribution in [0.5, 0.6) is 0 Å². The Kier molecular flexibility index (Phi) is 5.01. The zero-order chi connectivity index (χ0) is 15.3. The van der Waals surface area contributed by atoms with Gasteiger partial charge in [-0.25, -0.2) is 4.98 Å². The second-order valence-electron chi connectivity index (χ2n) is 4.77. The number of nitrogens with zero attached hydrogens (tertiary/aromatic N) is 1. The Labute approximate surface area is 121 Å². The lowest BCUT2D eigenvalue weighted by molar-refractivity contribution is -0.138. The third-order valence-electron chi connectivity index (χ3n) is 3.12. The average molecular weight is 298 g/mol. The van der Waals surface area contributed by atoms with Gasteiger partial charge in [-0.1, -0.05) is 18.2 Å². The molecule has 1 heterocycles. The van der Waals surface area contributed by atoms with Gasteiger partial charge in [0.2, 0.25) is 0 Å². The summed E-state index contributed by atoms with van der Waals surface area (Å²) >= 11 is 0. The van der Waals surface area contributed by atoms with E-state index in [0.717, 1.165) is 31.1 Å². The third kappa shape index (κ3) is 4.32. The van der Waals surface area contributed by atoms with Crippen LogP contribution in [-0.2, 0) is 19.0 Å². The van der Waals surface area contributed by atoms with Gasteiger partial charge in [-0.15, -0.1) is 0 Å². The van der Waals surface area contributed by atoms with Gasteiger partial charge in [0, 0.05) is 6.42 Å². The molecule has 1 aromatic carbocycles. The fourth-order valence-corrected chi connectivity index (χ4v) is 2.11. The highest BCUT2D eigenvalue weighted by Crippen LogP contribution is 2.32. The van der Waals surface area contributed by atoms with Crippen LogP contribution in [0.3, 0.4) is 0 Å². The van der Waals surface area contributed by atoms with Gasteiger partial charge < -0.3 is 9.73 Å². The number of hydrogen-bond donors (Lipinski definition) is 1. The van der Waals surface area contributed by atoms with E-state index in [9.17, 15) is 13.2 Å². The number of oxazole rings is 1. The van der Waals surface area contributed by atoms with Gasteiger partial charge in [0.1, 0.15) is 6.26 Å². The molecule has 0 amide bonds. The average Bonchev–Trinajstić information content (AvgIpc) is 2.86. The number of benzene rings is 1. The van der Waals surface area contributed by atoms with Crippen molar-refractivity contribution in [2.24, 2.45) is 0 Å². The number of alkyl halides is 3. The molecule has 0 unspecified atom stereocenters. The van der Waals surface area contributed by atoms with Crippen LogP contribution in [0, 0.1) is 0 Å². The van der Waals surface area contributed by atoms with E-state index in [2.05, 4.69) is 10.3 Å². The van der Waals surface area contributed by atoms with Crippen molar-refractivity contribution < 1.29 is 17.6 Å². The molecule has 0 aliphatic rings. The lowest BCUT2D eigenvalue weighted by Crippen LogP contribution is -2.09. The van der Waals surface area contributed by atoms with E-state index in [0.29, 0.717) is 5.89 Å². The van der Waals surface area contributed by atoms with Crippen molar-refractivity contribution >= 4 is 0 Å². The summed E-state index contributed by atoms with van der Waals surface area (Å²) in [7, 11) is 1.86. The largest absolute Gasteiger partial charge is 0.448 e. The Balaban J connectivity index is 2.09. The van der Waals surface area contributed by atoms with Crippen LogP contribution >= 0.6 is 0 Å². The highest BCUT2D eigenvalue weighted by atomic mass is 19.4. The van der Waals surface area contributed by atoms with Gasteiger partial charge in [0.05, 0.1) is 11.3 Å². The van der Waals surface area contributed by atoms with E-state index in [1.54, 1.807) is 6.07 Å². The second-order valence-corrected chi connectivity index (χ2v) is 4.77. The Hall–Kier alpha value is -1.82. The minimum absolute atomic E-state index is 0.0434. The van der Waals surface area contributed by atoms with Crippen LogP contribution in [0.2, 0.25) is 0 Å². The van der Waals surface area contributed by atoms with E-state index in [1.807, 2.05) is 7.05 Å². The zero-order valence-corrected chi connectivity index (χ0v) is 11.7. The normalized spacial score (nSPS) is 11.8. The molecule has 0 aliphatic heterocycles. The molecule has 3 nitrogen and oxygen atoms in total. The first kappa shape index (κ1) is 15.6. The van der Waals surface area contributed by atoms with Gasteiger partial charge in [-0.3, -0.25) is 0 Å². The van der Waals surface area contributed by atoms with Crippen LogP contribution < -0.4 is 5.32 Å². The van der Waals surface area contributed by atoms with E-state index >= 15 is 0 Å². The first-order valence-electron chi connectivity index (χ1n) is 6.73. The summed E-state index contributed by atoms with van der Waals surface area (Å²) in [5, 5.41) is 3.03. The molecule has 0 fully saturated rings. The molecule has 1 N–H and O–H groups in total. The van der Waals surface area contributed by atoms with Crippen molar-refractivity contribution in [3.05, 3.63) is 53.2 Å². The number of aryl methyl sites for hydroxylation is 1. The van der Waals surface area contributed by atoms with Crippen LogP contribution in [0.1, 0.15) is 29.1 Å². The fraction of sp³-hybridized carbons (Fsp3) is 0.400. The van der Waals surface area contributed by atoms with Crippen LogP contribution in [-0.4, -0.2) is 18.6 Å². The van der Waals surface area contributed by atoms with Crippen molar-refractivity contribution in [1.29, 1.82) is 0 Å². The molecule has 2 aromatic rings. The summed E-state index contributed by atoms with van der Waals surface area (Å²) in [6.45, 7) is 0.860. The number of rotatable bonds is 6. The summed E-state index contributed by atoms with van der Waals surface area (Å²) in [5.41, 5.74) is 0.304. The van der Waals surface area contributed by atoms with Crippen LogP contribution in [0.15, 0.2) is 34.9 Å². The minimum atomic E-state index is -4.36. The number of hydrogen-bond acceptors (Lipinski definition) is 3. The smallest absolute Gasteiger partial charge is 0.416 e. The van der Waals surface area contributed by atoms with Gasteiger partial charge in [-0.05, 0) is 38.1 Å². The van der Waals surface area contributed by atoms with E-state index in [-0.39, 0.29) is 12.0 Å². The van der Waals surface area contributed by atoms with Crippen molar-refractivity contribution in [2.45, 2.75) is 25.4 Å². The summed E-state index contributed by atoms with van der Waals surface area (Å²) in [6.07, 6.45) is -1.16. The molecule has 21 heavy (non-hydrogen) atoms. The van der Waals surface area contributed by atoms with Crippen molar-refractivity contribution in [1.82, 2.24) is 10.3 Å². The monoisotopic (exact) mass is 298 g/mol. The fourth-order valence-electron chi connectivity index (χ4n) is 2.11. The summed E-state index contributed by atoms with van der Waals surface area (Å²) in [5.74, 6) is 0.311. The summed E-state index contributed by atoms with van der Waals surface area (Å²) in [6, 6.07) is 5.49. The highest BCUT2D eigenvalue weighted by molar-refractivity contribution is 5.31. The molecule has 0 saturated heterocycles. The topological polar surface area (TPSA) is 38.1 Å². The molecule has 0 radical (unpaired) electrons. The Bertz CT molecular complexity index is 578. The maximum Gasteiger partial charge on any atom is 0.416 e. The van der Waals surface area contributed by atoms with E-state index in [4.69, 9.17) is 4.42 Å². The molecule has 0 saturated carbocycles. The lowest BCUT2D eigenvalue weighted by atomic mass is 10.0.